The molecule has 1 atom stereocenters. The van der Waals surface area contributed by atoms with Crippen molar-refractivity contribution in [3.8, 4) is 0 Å². The van der Waals surface area contributed by atoms with Crippen molar-refractivity contribution >= 4 is 6.34 Å². The van der Waals surface area contributed by atoms with E-state index in [1.54, 1.807) is 12.1 Å². The Hall–Kier alpha value is -1.33. The SMILES string of the molecule is CCCC1N(C)N=CN1[N+](=O)[O-]. The summed E-state index contributed by atoms with van der Waals surface area (Å²) in [4.78, 5) is 10.4. The highest BCUT2D eigenvalue weighted by Crippen LogP contribution is 2.14. The molecule has 6 heteroatoms. The Morgan fingerprint density at radius 1 is 1.75 bits per heavy atom. The minimum Gasteiger partial charge on any atom is -0.270 e. The number of nitrogens with zero attached hydrogens (tertiary/aromatic N) is 4. The van der Waals surface area contributed by atoms with Gasteiger partial charge < -0.3 is 0 Å². The maximum Gasteiger partial charge on any atom is 0.182 e. The van der Waals surface area contributed by atoms with Crippen LogP contribution < -0.4 is 0 Å². The second-order valence-corrected chi connectivity index (χ2v) is 2.69. The van der Waals surface area contributed by atoms with Gasteiger partial charge in [-0.25, -0.2) is 10.1 Å². The molecular formula is C6H12N4O2. The van der Waals surface area contributed by atoms with E-state index < -0.39 is 5.03 Å². The summed E-state index contributed by atoms with van der Waals surface area (Å²) in [5, 5.41) is 16.5. The van der Waals surface area contributed by atoms with Crippen molar-refractivity contribution in [1.82, 2.24) is 10.0 Å². The van der Waals surface area contributed by atoms with Crippen LogP contribution in [0.4, 0.5) is 0 Å². The van der Waals surface area contributed by atoms with Gasteiger partial charge in [0.1, 0.15) is 0 Å². The van der Waals surface area contributed by atoms with Gasteiger partial charge in [-0.3, -0.25) is 5.01 Å². The molecule has 12 heavy (non-hydrogen) atoms. The van der Waals surface area contributed by atoms with E-state index in [0.717, 1.165) is 17.9 Å². The number of hydrogen-bond acceptors (Lipinski definition) is 4. The molecule has 1 aliphatic rings. The monoisotopic (exact) mass is 172 g/mol. The zero-order chi connectivity index (χ0) is 9.14. The third-order valence-corrected chi connectivity index (χ3v) is 1.82. The van der Waals surface area contributed by atoms with Gasteiger partial charge in [-0.2, -0.15) is 5.10 Å². The molecule has 6 nitrogen and oxygen atoms in total. The van der Waals surface area contributed by atoms with Crippen LogP contribution in [0.25, 0.3) is 0 Å². The molecule has 0 aliphatic carbocycles. The number of hydrazone groups is 1. The van der Waals surface area contributed by atoms with Crippen molar-refractivity contribution in [3.05, 3.63) is 10.1 Å². The van der Waals surface area contributed by atoms with Crippen molar-refractivity contribution in [2.75, 3.05) is 7.05 Å². The first kappa shape index (κ1) is 8.76. The standard InChI is InChI=1S/C6H12N4O2/c1-3-4-6-8(2)7-5-9(6)10(11)12/h5-6H,3-4H2,1-2H3. The Bertz CT molecular complexity index is 206. The Labute approximate surface area is 70.6 Å². The van der Waals surface area contributed by atoms with E-state index in [9.17, 15) is 10.1 Å². The summed E-state index contributed by atoms with van der Waals surface area (Å²) in [6.07, 6.45) is 2.69. The lowest BCUT2D eigenvalue weighted by molar-refractivity contribution is -0.638. The fourth-order valence-electron chi connectivity index (χ4n) is 1.19. The minimum absolute atomic E-state index is 0.218. The van der Waals surface area contributed by atoms with Crippen LogP contribution in [0.15, 0.2) is 5.10 Å². The topological polar surface area (TPSA) is 62.0 Å². The Kier molecular flexibility index (Phi) is 2.47. The highest BCUT2D eigenvalue weighted by atomic mass is 16.7. The van der Waals surface area contributed by atoms with E-state index in [4.69, 9.17) is 0 Å². The van der Waals surface area contributed by atoms with Gasteiger partial charge in [0.25, 0.3) is 0 Å². The van der Waals surface area contributed by atoms with Crippen LogP contribution in [0.3, 0.4) is 0 Å². The van der Waals surface area contributed by atoms with Gasteiger partial charge in [0, 0.05) is 7.05 Å². The van der Waals surface area contributed by atoms with Gasteiger partial charge in [-0.1, -0.05) is 18.4 Å². The first-order valence-corrected chi connectivity index (χ1v) is 3.86. The summed E-state index contributed by atoms with van der Waals surface area (Å²) in [6.45, 7) is 1.99. The average molecular weight is 172 g/mol. The zero-order valence-electron chi connectivity index (χ0n) is 7.17. The van der Waals surface area contributed by atoms with Crippen LogP contribution in [0, 0.1) is 10.1 Å². The average Bonchev–Trinajstić information content (AvgIpc) is 2.34. The normalized spacial score (nSPS) is 22.0. The van der Waals surface area contributed by atoms with Gasteiger partial charge in [0.15, 0.2) is 17.5 Å². The first-order chi connectivity index (χ1) is 5.66. The lowest BCUT2D eigenvalue weighted by Gasteiger charge is -2.19. The lowest BCUT2D eigenvalue weighted by atomic mass is 10.3. The van der Waals surface area contributed by atoms with E-state index in [1.807, 2.05) is 6.92 Å². The van der Waals surface area contributed by atoms with E-state index in [2.05, 4.69) is 5.10 Å². The van der Waals surface area contributed by atoms with Crippen molar-refractivity contribution in [3.63, 3.8) is 0 Å². The van der Waals surface area contributed by atoms with Crippen LogP contribution in [-0.2, 0) is 0 Å². The van der Waals surface area contributed by atoms with Gasteiger partial charge in [0.05, 0.1) is 0 Å². The molecule has 0 aromatic heterocycles. The first-order valence-electron chi connectivity index (χ1n) is 3.86. The molecule has 0 aromatic rings. The molecule has 0 amide bonds. The number of hydrogen-bond donors (Lipinski definition) is 0. The van der Waals surface area contributed by atoms with Gasteiger partial charge >= 0.3 is 0 Å². The van der Waals surface area contributed by atoms with E-state index >= 15 is 0 Å². The molecule has 0 spiro atoms. The second kappa shape index (κ2) is 3.38. The highest BCUT2D eigenvalue weighted by molar-refractivity contribution is 5.55. The van der Waals surface area contributed by atoms with Crippen LogP contribution in [0.1, 0.15) is 19.8 Å². The molecule has 1 unspecified atom stereocenters. The molecule has 68 valence electrons. The van der Waals surface area contributed by atoms with E-state index in [1.165, 1.54) is 6.34 Å². The fraction of sp³-hybridized carbons (Fsp3) is 0.833. The summed E-state index contributed by atoms with van der Waals surface area (Å²) in [5.41, 5.74) is 0. The van der Waals surface area contributed by atoms with Gasteiger partial charge in [-0.05, 0) is 6.42 Å². The smallest absolute Gasteiger partial charge is 0.182 e. The molecule has 0 aromatic carbocycles. The molecule has 0 N–H and O–H groups in total. The Balaban J connectivity index is 2.62. The minimum atomic E-state index is -0.437. The van der Waals surface area contributed by atoms with Crippen molar-refractivity contribution in [1.29, 1.82) is 0 Å². The summed E-state index contributed by atoms with van der Waals surface area (Å²) >= 11 is 0. The Morgan fingerprint density at radius 2 is 2.42 bits per heavy atom. The molecule has 0 saturated carbocycles. The van der Waals surface area contributed by atoms with Crippen molar-refractivity contribution < 1.29 is 5.03 Å². The van der Waals surface area contributed by atoms with Gasteiger partial charge in [-0.15, -0.1) is 0 Å². The lowest BCUT2D eigenvalue weighted by Crippen LogP contribution is -2.41. The Morgan fingerprint density at radius 3 is 2.92 bits per heavy atom. The number of hydrazine groups is 1. The molecule has 0 saturated heterocycles. The maximum atomic E-state index is 10.4. The predicted molar refractivity (Wildman–Crippen MR) is 43.8 cm³/mol. The fourth-order valence-corrected chi connectivity index (χ4v) is 1.19. The number of nitro groups is 1. The summed E-state index contributed by atoms with van der Waals surface area (Å²) < 4.78 is 0. The second-order valence-electron chi connectivity index (χ2n) is 2.69. The molecule has 0 bridgehead atoms. The van der Waals surface area contributed by atoms with Crippen LogP contribution >= 0.6 is 0 Å². The van der Waals surface area contributed by atoms with Crippen LogP contribution in [-0.4, -0.2) is 34.6 Å². The highest BCUT2D eigenvalue weighted by Gasteiger charge is 2.32. The molecule has 1 rings (SSSR count). The number of rotatable bonds is 3. The molecule has 1 aliphatic heterocycles. The third-order valence-electron chi connectivity index (χ3n) is 1.82. The van der Waals surface area contributed by atoms with Gasteiger partial charge in [0.2, 0.25) is 0 Å². The molecular weight excluding hydrogens is 160 g/mol. The summed E-state index contributed by atoms with van der Waals surface area (Å²) in [6, 6.07) is 0. The van der Waals surface area contributed by atoms with Crippen molar-refractivity contribution in [2.45, 2.75) is 25.9 Å². The summed E-state index contributed by atoms with van der Waals surface area (Å²) in [7, 11) is 1.74. The third kappa shape index (κ3) is 1.46. The van der Waals surface area contributed by atoms with E-state index in [0.29, 0.717) is 0 Å². The van der Waals surface area contributed by atoms with Crippen LogP contribution in [0.2, 0.25) is 0 Å². The molecule has 1 heterocycles. The van der Waals surface area contributed by atoms with Crippen molar-refractivity contribution in [2.24, 2.45) is 5.10 Å². The largest absolute Gasteiger partial charge is 0.270 e. The zero-order valence-corrected chi connectivity index (χ0v) is 7.17. The van der Waals surface area contributed by atoms with E-state index in [-0.39, 0.29) is 6.17 Å². The molecule has 0 fully saturated rings. The predicted octanol–water partition coefficient (Wildman–Crippen LogP) is 0.495. The summed E-state index contributed by atoms with van der Waals surface area (Å²) in [5.74, 6) is 0. The quantitative estimate of drug-likeness (QED) is 0.459. The maximum absolute atomic E-state index is 10.4. The van der Waals surface area contributed by atoms with Crippen LogP contribution in [0.5, 0.6) is 0 Å². The molecule has 0 radical (unpaired) electrons.